The molecule has 1 fully saturated rings. The van der Waals surface area contributed by atoms with Gasteiger partial charge in [0.2, 0.25) is 5.88 Å². The fourth-order valence-corrected chi connectivity index (χ4v) is 2.76. The van der Waals surface area contributed by atoms with Crippen molar-refractivity contribution in [1.29, 1.82) is 0 Å². The molecule has 22 heavy (non-hydrogen) atoms. The van der Waals surface area contributed by atoms with Gasteiger partial charge in [-0.3, -0.25) is 4.68 Å². The van der Waals surface area contributed by atoms with Gasteiger partial charge in [0.25, 0.3) is 0 Å². The van der Waals surface area contributed by atoms with Crippen molar-refractivity contribution in [1.82, 2.24) is 14.8 Å². The van der Waals surface area contributed by atoms with Crippen LogP contribution in [0.4, 0.5) is 0 Å². The van der Waals surface area contributed by atoms with Crippen LogP contribution in [0.3, 0.4) is 0 Å². The quantitative estimate of drug-likeness (QED) is 0.794. The minimum absolute atomic E-state index is 0.120. The van der Waals surface area contributed by atoms with Gasteiger partial charge >= 0.3 is 5.97 Å². The maximum atomic E-state index is 12.3. The van der Waals surface area contributed by atoms with Crippen LogP contribution in [-0.4, -0.2) is 33.4 Å². The van der Waals surface area contributed by atoms with E-state index in [0.29, 0.717) is 18.1 Å². The monoisotopic (exact) mass is 301 g/mol. The SMILES string of the molecule is CCOc1ccc(C(=O)O[C@@H]2CCC[C@H]2n2cccn2)cn1. The molecule has 116 valence electrons. The number of rotatable bonds is 5. The number of carbonyl (C=O) groups is 1. The zero-order valence-corrected chi connectivity index (χ0v) is 12.5. The molecule has 0 N–H and O–H groups in total. The number of pyridine rings is 1. The van der Waals surface area contributed by atoms with E-state index in [-0.39, 0.29) is 18.1 Å². The lowest BCUT2D eigenvalue weighted by molar-refractivity contribution is 0.0209. The molecule has 0 amide bonds. The summed E-state index contributed by atoms with van der Waals surface area (Å²) in [6.45, 7) is 2.43. The molecule has 0 spiro atoms. The second-order valence-electron chi connectivity index (χ2n) is 5.25. The van der Waals surface area contributed by atoms with E-state index >= 15 is 0 Å². The van der Waals surface area contributed by atoms with Gasteiger partial charge in [-0.25, -0.2) is 9.78 Å². The van der Waals surface area contributed by atoms with Gasteiger partial charge in [0.05, 0.1) is 18.2 Å². The van der Waals surface area contributed by atoms with Crippen molar-refractivity contribution < 1.29 is 14.3 Å². The van der Waals surface area contributed by atoms with Gasteiger partial charge in [-0.1, -0.05) is 0 Å². The summed E-state index contributed by atoms with van der Waals surface area (Å²) in [6, 6.07) is 5.36. The maximum Gasteiger partial charge on any atom is 0.340 e. The van der Waals surface area contributed by atoms with Gasteiger partial charge < -0.3 is 9.47 Å². The zero-order valence-electron chi connectivity index (χ0n) is 12.5. The molecular formula is C16H19N3O3. The van der Waals surface area contributed by atoms with Gasteiger partial charge in [0, 0.05) is 24.7 Å². The molecule has 1 aliphatic rings. The first-order chi connectivity index (χ1) is 10.8. The van der Waals surface area contributed by atoms with E-state index in [1.54, 1.807) is 18.3 Å². The van der Waals surface area contributed by atoms with E-state index in [2.05, 4.69) is 10.1 Å². The molecule has 1 saturated carbocycles. The van der Waals surface area contributed by atoms with Crippen molar-refractivity contribution in [3.63, 3.8) is 0 Å². The Morgan fingerprint density at radius 3 is 3.00 bits per heavy atom. The minimum atomic E-state index is -0.348. The van der Waals surface area contributed by atoms with Crippen molar-refractivity contribution in [3.8, 4) is 5.88 Å². The van der Waals surface area contributed by atoms with Crippen LogP contribution in [-0.2, 0) is 4.74 Å². The molecule has 0 unspecified atom stereocenters. The first-order valence-electron chi connectivity index (χ1n) is 7.57. The molecule has 2 aromatic rings. The summed E-state index contributed by atoms with van der Waals surface area (Å²) in [5.74, 6) is 0.161. The van der Waals surface area contributed by atoms with E-state index in [9.17, 15) is 4.79 Å². The van der Waals surface area contributed by atoms with E-state index < -0.39 is 0 Å². The number of carbonyl (C=O) groups excluding carboxylic acids is 1. The van der Waals surface area contributed by atoms with Crippen molar-refractivity contribution in [2.24, 2.45) is 0 Å². The average molecular weight is 301 g/mol. The van der Waals surface area contributed by atoms with Crippen molar-refractivity contribution in [2.75, 3.05) is 6.61 Å². The largest absolute Gasteiger partial charge is 0.478 e. The minimum Gasteiger partial charge on any atom is -0.478 e. The Hall–Kier alpha value is -2.37. The van der Waals surface area contributed by atoms with Gasteiger partial charge in [0.1, 0.15) is 6.10 Å². The summed E-state index contributed by atoms with van der Waals surface area (Å²) in [5, 5.41) is 4.26. The normalized spacial score (nSPS) is 20.8. The van der Waals surface area contributed by atoms with Gasteiger partial charge in [-0.2, -0.15) is 5.10 Å². The highest BCUT2D eigenvalue weighted by atomic mass is 16.5. The molecule has 0 saturated heterocycles. The topological polar surface area (TPSA) is 66.2 Å². The number of esters is 1. The Morgan fingerprint density at radius 2 is 2.32 bits per heavy atom. The molecule has 0 aromatic carbocycles. The van der Waals surface area contributed by atoms with E-state index in [1.807, 2.05) is 23.9 Å². The Balaban J connectivity index is 1.65. The third-order valence-corrected chi connectivity index (χ3v) is 3.81. The molecular weight excluding hydrogens is 282 g/mol. The second kappa shape index (κ2) is 6.60. The van der Waals surface area contributed by atoms with E-state index in [4.69, 9.17) is 9.47 Å². The molecule has 2 heterocycles. The molecule has 2 atom stereocenters. The van der Waals surface area contributed by atoms with Gasteiger partial charge in [-0.15, -0.1) is 0 Å². The molecule has 1 aliphatic carbocycles. The van der Waals surface area contributed by atoms with Crippen LogP contribution < -0.4 is 4.74 Å². The summed E-state index contributed by atoms with van der Waals surface area (Å²) in [5.41, 5.74) is 0.439. The molecule has 6 heteroatoms. The summed E-state index contributed by atoms with van der Waals surface area (Å²) in [6.07, 6.45) is 7.87. The van der Waals surface area contributed by atoms with E-state index in [0.717, 1.165) is 19.3 Å². The number of hydrogen-bond donors (Lipinski definition) is 0. The van der Waals surface area contributed by atoms with Crippen molar-refractivity contribution in [2.45, 2.75) is 38.3 Å². The Morgan fingerprint density at radius 1 is 1.41 bits per heavy atom. The molecule has 0 bridgehead atoms. The first-order valence-corrected chi connectivity index (χ1v) is 7.57. The third kappa shape index (κ3) is 3.10. The predicted molar refractivity (Wildman–Crippen MR) is 79.7 cm³/mol. The Bertz CT molecular complexity index is 610. The summed E-state index contributed by atoms with van der Waals surface area (Å²) in [7, 11) is 0. The van der Waals surface area contributed by atoms with Gasteiger partial charge in [-0.05, 0) is 38.3 Å². The van der Waals surface area contributed by atoms with Crippen LogP contribution in [0.25, 0.3) is 0 Å². The van der Waals surface area contributed by atoms with Crippen LogP contribution in [0.2, 0.25) is 0 Å². The molecule has 0 aliphatic heterocycles. The summed E-state index contributed by atoms with van der Waals surface area (Å²) >= 11 is 0. The van der Waals surface area contributed by atoms with Crippen LogP contribution in [0.15, 0.2) is 36.8 Å². The van der Waals surface area contributed by atoms with Gasteiger partial charge in [0.15, 0.2) is 0 Å². The second-order valence-corrected chi connectivity index (χ2v) is 5.25. The van der Waals surface area contributed by atoms with E-state index in [1.165, 1.54) is 6.20 Å². The average Bonchev–Trinajstić information content (AvgIpc) is 3.19. The lowest BCUT2D eigenvalue weighted by Crippen LogP contribution is -2.25. The summed E-state index contributed by atoms with van der Waals surface area (Å²) in [4.78, 5) is 16.3. The summed E-state index contributed by atoms with van der Waals surface area (Å²) < 4.78 is 12.8. The highest BCUT2D eigenvalue weighted by Crippen LogP contribution is 2.32. The number of aromatic nitrogens is 3. The number of nitrogens with zero attached hydrogens (tertiary/aromatic N) is 3. The molecule has 6 nitrogen and oxygen atoms in total. The standard InChI is InChI=1S/C16H19N3O3/c1-2-21-15-8-7-12(11-17-15)16(20)22-14-6-3-5-13(14)19-10-4-9-18-19/h4,7-11,13-14H,2-3,5-6H2,1H3/t13-,14-/m1/s1. The van der Waals surface area contributed by atoms with Crippen molar-refractivity contribution >= 4 is 5.97 Å². The lowest BCUT2D eigenvalue weighted by Gasteiger charge is -2.20. The highest BCUT2D eigenvalue weighted by molar-refractivity contribution is 5.89. The van der Waals surface area contributed by atoms with Crippen LogP contribution in [0.1, 0.15) is 42.6 Å². The molecule has 3 rings (SSSR count). The maximum absolute atomic E-state index is 12.3. The first kappa shape index (κ1) is 14.6. The lowest BCUT2D eigenvalue weighted by atomic mass is 10.2. The predicted octanol–water partition coefficient (Wildman–Crippen LogP) is 2.63. The zero-order chi connectivity index (χ0) is 15.4. The van der Waals surface area contributed by atoms with Crippen LogP contribution in [0.5, 0.6) is 5.88 Å². The molecule has 0 radical (unpaired) electrons. The van der Waals surface area contributed by atoms with Crippen LogP contribution >= 0.6 is 0 Å². The Kier molecular flexibility index (Phi) is 4.37. The Labute approximate surface area is 129 Å². The fourth-order valence-electron chi connectivity index (χ4n) is 2.76. The smallest absolute Gasteiger partial charge is 0.340 e. The fraction of sp³-hybridized carbons (Fsp3) is 0.438. The molecule has 2 aromatic heterocycles. The third-order valence-electron chi connectivity index (χ3n) is 3.81. The van der Waals surface area contributed by atoms with Crippen molar-refractivity contribution in [3.05, 3.63) is 42.4 Å². The highest BCUT2D eigenvalue weighted by Gasteiger charge is 2.32. The van der Waals surface area contributed by atoms with Crippen LogP contribution in [0, 0.1) is 0 Å². The number of ether oxygens (including phenoxy) is 2. The number of hydrogen-bond acceptors (Lipinski definition) is 5.